The second kappa shape index (κ2) is 5.01. The zero-order valence-electron chi connectivity index (χ0n) is 9.64. The zero-order valence-corrected chi connectivity index (χ0v) is 10.4. The number of halogens is 1. The van der Waals surface area contributed by atoms with Crippen LogP contribution in [0.1, 0.15) is 15.9 Å². The monoisotopic (exact) mass is 262 g/mol. The number of hydrogen-bond donors (Lipinski definition) is 2. The first kappa shape index (κ1) is 12.3. The Hall–Kier alpha value is -2.14. The van der Waals surface area contributed by atoms with Crippen LogP contribution in [-0.4, -0.2) is 15.9 Å². The highest BCUT2D eigenvalue weighted by molar-refractivity contribution is 6.30. The first-order valence-corrected chi connectivity index (χ1v) is 5.60. The average molecular weight is 263 g/mol. The number of rotatable bonds is 2. The molecule has 0 aliphatic rings. The normalized spacial score (nSPS) is 10.1. The van der Waals surface area contributed by atoms with Gasteiger partial charge in [-0.25, -0.2) is 9.97 Å². The molecule has 2 rings (SSSR count). The lowest BCUT2D eigenvalue weighted by atomic mass is 10.2. The van der Waals surface area contributed by atoms with Gasteiger partial charge in [0.1, 0.15) is 16.8 Å². The minimum Gasteiger partial charge on any atom is -0.384 e. The predicted octanol–water partition coefficient (Wildman–Crippen LogP) is 2.27. The summed E-state index contributed by atoms with van der Waals surface area (Å²) in [7, 11) is 0. The fourth-order valence-electron chi connectivity index (χ4n) is 1.44. The van der Waals surface area contributed by atoms with Crippen molar-refractivity contribution in [2.45, 2.75) is 6.92 Å². The summed E-state index contributed by atoms with van der Waals surface area (Å²) in [6.07, 6.45) is 1.61. The highest BCUT2D eigenvalue weighted by atomic mass is 35.5. The van der Waals surface area contributed by atoms with Gasteiger partial charge in [-0.3, -0.25) is 4.79 Å². The molecule has 0 saturated carbocycles. The maximum Gasteiger partial charge on any atom is 0.257 e. The Kier molecular flexibility index (Phi) is 3.43. The van der Waals surface area contributed by atoms with Gasteiger partial charge in [-0.2, -0.15) is 0 Å². The minimum absolute atomic E-state index is 0.179. The van der Waals surface area contributed by atoms with Gasteiger partial charge in [-0.15, -0.1) is 0 Å². The van der Waals surface area contributed by atoms with E-state index in [0.29, 0.717) is 11.4 Å². The Bertz CT molecular complexity index is 580. The Morgan fingerprint density at radius 2 is 2.22 bits per heavy atom. The molecule has 2 aromatic rings. The Labute approximate surface area is 109 Å². The topological polar surface area (TPSA) is 80.9 Å². The SMILES string of the molecule is Cc1cccnc1NC(=O)c1cc(N)nc(Cl)c1. The number of anilines is 2. The van der Waals surface area contributed by atoms with Gasteiger partial charge in [0.15, 0.2) is 0 Å². The van der Waals surface area contributed by atoms with Gasteiger partial charge >= 0.3 is 0 Å². The molecule has 5 nitrogen and oxygen atoms in total. The van der Waals surface area contributed by atoms with E-state index in [9.17, 15) is 4.79 Å². The summed E-state index contributed by atoms with van der Waals surface area (Å²) in [5.41, 5.74) is 6.75. The number of carbonyl (C=O) groups is 1. The maximum absolute atomic E-state index is 12.0. The summed E-state index contributed by atoms with van der Waals surface area (Å²) in [6.45, 7) is 1.86. The van der Waals surface area contributed by atoms with Crippen molar-refractivity contribution in [1.29, 1.82) is 0 Å². The van der Waals surface area contributed by atoms with E-state index in [2.05, 4.69) is 15.3 Å². The molecule has 0 radical (unpaired) electrons. The third-order valence-electron chi connectivity index (χ3n) is 2.32. The van der Waals surface area contributed by atoms with E-state index < -0.39 is 0 Å². The van der Waals surface area contributed by atoms with Gasteiger partial charge < -0.3 is 11.1 Å². The van der Waals surface area contributed by atoms with E-state index in [4.69, 9.17) is 17.3 Å². The zero-order chi connectivity index (χ0) is 13.1. The van der Waals surface area contributed by atoms with Crippen LogP contribution in [-0.2, 0) is 0 Å². The summed E-state index contributed by atoms with van der Waals surface area (Å²) in [5, 5.41) is 2.87. The quantitative estimate of drug-likeness (QED) is 0.814. The fourth-order valence-corrected chi connectivity index (χ4v) is 1.66. The molecule has 0 unspecified atom stereocenters. The number of nitrogen functional groups attached to an aromatic ring is 1. The minimum atomic E-state index is -0.326. The molecule has 92 valence electrons. The van der Waals surface area contributed by atoms with E-state index in [1.807, 2.05) is 13.0 Å². The summed E-state index contributed by atoms with van der Waals surface area (Å²) in [6, 6.07) is 6.56. The van der Waals surface area contributed by atoms with E-state index in [-0.39, 0.29) is 16.9 Å². The van der Waals surface area contributed by atoms with E-state index in [1.54, 1.807) is 12.3 Å². The van der Waals surface area contributed by atoms with Crippen molar-refractivity contribution < 1.29 is 4.79 Å². The molecule has 0 atom stereocenters. The van der Waals surface area contributed by atoms with E-state index in [1.165, 1.54) is 12.1 Å². The highest BCUT2D eigenvalue weighted by Gasteiger charge is 2.10. The number of pyridine rings is 2. The number of nitrogens with zero attached hydrogens (tertiary/aromatic N) is 2. The van der Waals surface area contributed by atoms with Crippen LogP contribution in [0.4, 0.5) is 11.6 Å². The molecule has 2 heterocycles. The molecule has 0 fully saturated rings. The first-order chi connectivity index (χ1) is 8.56. The van der Waals surface area contributed by atoms with Crippen molar-refractivity contribution in [3.8, 4) is 0 Å². The Balaban J connectivity index is 2.25. The van der Waals surface area contributed by atoms with Crippen LogP contribution in [0.5, 0.6) is 0 Å². The molecule has 2 aromatic heterocycles. The Morgan fingerprint density at radius 3 is 2.89 bits per heavy atom. The summed E-state index contributed by atoms with van der Waals surface area (Å²) >= 11 is 5.74. The van der Waals surface area contributed by atoms with Crippen molar-refractivity contribution in [1.82, 2.24) is 9.97 Å². The summed E-state index contributed by atoms with van der Waals surface area (Å²) < 4.78 is 0. The van der Waals surface area contributed by atoms with Gasteiger partial charge in [0.05, 0.1) is 0 Å². The summed E-state index contributed by atoms with van der Waals surface area (Å²) in [5.74, 6) is 0.382. The third-order valence-corrected chi connectivity index (χ3v) is 2.51. The molecule has 6 heteroatoms. The van der Waals surface area contributed by atoms with Gasteiger partial charge in [0.2, 0.25) is 0 Å². The number of aromatic nitrogens is 2. The van der Waals surface area contributed by atoms with Crippen LogP contribution >= 0.6 is 11.6 Å². The van der Waals surface area contributed by atoms with Crippen LogP contribution in [0.25, 0.3) is 0 Å². The molecule has 3 N–H and O–H groups in total. The lowest BCUT2D eigenvalue weighted by Crippen LogP contribution is -2.14. The number of carbonyl (C=O) groups excluding carboxylic acids is 1. The van der Waals surface area contributed by atoms with Gasteiger partial charge in [0, 0.05) is 11.8 Å². The van der Waals surface area contributed by atoms with Crippen LogP contribution in [0.3, 0.4) is 0 Å². The highest BCUT2D eigenvalue weighted by Crippen LogP contribution is 2.15. The Morgan fingerprint density at radius 1 is 1.44 bits per heavy atom. The number of nitrogens with one attached hydrogen (secondary N) is 1. The molecule has 0 aliphatic heterocycles. The molecule has 0 bridgehead atoms. The lowest BCUT2D eigenvalue weighted by Gasteiger charge is -2.07. The van der Waals surface area contributed by atoms with Crippen molar-refractivity contribution in [3.05, 3.63) is 46.7 Å². The average Bonchev–Trinajstić information content (AvgIpc) is 2.31. The number of aryl methyl sites for hydroxylation is 1. The van der Waals surface area contributed by atoms with Crippen molar-refractivity contribution in [3.63, 3.8) is 0 Å². The predicted molar refractivity (Wildman–Crippen MR) is 70.6 cm³/mol. The maximum atomic E-state index is 12.0. The molecule has 0 spiro atoms. The smallest absolute Gasteiger partial charge is 0.257 e. The molecule has 0 aliphatic carbocycles. The standard InChI is InChI=1S/C12H11ClN4O/c1-7-3-2-4-15-11(7)17-12(18)8-5-9(13)16-10(14)6-8/h2-6H,1H3,(H2,14,16)(H,15,17,18). The largest absolute Gasteiger partial charge is 0.384 e. The van der Waals surface area contributed by atoms with E-state index in [0.717, 1.165) is 5.56 Å². The van der Waals surface area contributed by atoms with Crippen LogP contribution in [0.15, 0.2) is 30.5 Å². The van der Waals surface area contributed by atoms with E-state index >= 15 is 0 Å². The first-order valence-electron chi connectivity index (χ1n) is 5.22. The van der Waals surface area contributed by atoms with Crippen molar-refractivity contribution in [2.75, 3.05) is 11.1 Å². The van der Waals surface area contributed by atoms with Crippen molar-refractivity contribution in [2.24, 2.45) is 0 Å². The van der Waals surface area contributed by atoms with Gasteiger partial charge in [-0.05, 0) is 30.7 Å². The van der Waals surface area contributed by atoms with Crippen LogP contribution < -0.4 is 11.1 Å². The lowest BCUT2D eigenvalue weighted by molar-refractivity contribution is 0.102. The number of amides is 1. The third kappa shape index (κ3) is 2.75. The number of nitrogens with two attached hydrogens (primary N) is 1. The molecular weight excluding hydrogens is 252 g/mol. The second-order valence-corrected chi connectivity index (χ2v) is 4.11. The molecular formula is C12H11ClN4O. The van der Waals surface area contributed by atoms with Crippen molar-refractivity contribution >= 4 is 29.1 Å². The second-order valence-electron chi connectivity index (χ2n) is 3.73. The van der Waals surface area contributed by atoms with Crippen LogP contribution in [0.2, 0.25) is 5.15 Å². The molecule has 18 heavy (non-hydrogen) atoms. The molecule has 0 aromatic carbocycles. The van der Waals surface area contributed by atoms with Gasteiger partial charge in [0.25, 0.3) is 5.91 Å². The molecule has 1 amide bonds. The van der Waals surface area contributed by atoms with Crippen LogP contribution in [0, 0.1) is 6.92 Å². The molecule has 0 saturated heterocycles. The number of hydrogen-bond acceptors (Lipinski definition) is 4. The summed E-state index contributed by atoms with van der Waals surface area (Å²) in [4.78, 5) is 19.8. The fraction of sp³-hybridized carbons (Fsp3) is 0.0833. The van der Waals surface area contributed by atoms with Gasteiger partial charge in [-0.1, -0.05) is 17.7 Å².